The van der Waals surface area contributed by atoms with Crippen LogP contribution in [0.2, 0.25) is 0 Å². The van der Waals surface area contributed by atoms with Crippen LogP contribution in [0.25, 0.3) is 11.1 Å². The van der Waals surface area contributed by atoms with Crippen molar-refractivity contribution < 1.29 is 17.6 Å². The third kappa shape index (κ3) is 2.94. The van der Waals surface area contributed by atoms with Gasteiger partial charge in [0.1, 0.15) is 0 Å². The molecule has 8 heteroatoms. The molecule has 3 rings (SSSR count). The second-order valence-electron chi connectivity index (χ2n) is 5.38. The first-order chi connectivity index (χ1) is 10.5. The Hall–Kier alpha value is -1.64. The van der Waals surface area contributed by atoms with Gasteiger partial charge in [-0.25, -0.2) is 17.9 Å². The lowest BCUT2D eigenvalue weighted by molar-refractivity contribution is 0.105. The topological polar surface area (TPSA) is 90.5 Å². The highest BCUT2D eigenvalue weighted by atomic mass is 32.2. The van der Waals surface area contributed by atoms with Gasteiger partial charge in [0.25, 0.3) is 0 Å². The maximum Gasteiger partial charge on any atom is 0.419 e. The van der Waals surface area contributed by atoms with Gasteiger partial charge in [-0.05, 0) is 31.4 Å². The fourth-order valence-electron chi connectivity index (χ4n) is 2.59. The SMILES string of the molecule is Cn1c(=O)oc2cc(S(=O)(=O)NCCC3CCCO3)ccc21. The summed E-state index contributed by atoms with van der Waals surface area (Å²) in [5.41, 5.74) is 0.817. The number of nitrogens with one attached hydrogen (secondary N) is 1. The zero-order valence-electron chi connectivity index (χ0n) is 12.2. The third-order valence-electron chi connectivity index (χ3n) is 3.86. The lowest BCUT2D eigenvalue weighted by Crippen LogP contribution is -2.27. The molecule has 1 fully saturated rings. The fraction of sp³-hybridized carbons (Fsp3) is 0.500. The van der Waals surface area contributed by atoms with Gasteiger partial charge in [-0.2, -0.15) is 0 Å². The summed E-state index contributed by atoms with van der Waals surface area (Å²) in [6, 6.07) is 4.39. The molecule has 2 heterocycles. The molecule has 0 amide bonds. The number of ether oxygens (including phenoxy) is 1. The predicted molar refractivity (Wildman–Crippen MR) is 80.2 cm³/mol. The molecule has 7 nitrogen and oxygen atoms in total. The molecule has 1 N–H and O–H groups in total. The van der Waals surface area contributed by atoms with Gasteiger partial charge >= 0.3 is 5.76 Å². The van der Waals surface area contributed by atoms with Crippen LogP contribution in [-0.4, -0.2) is 32.2 Å². The molecule has 0 radical (unpaired) electrons. The lowest BCUT2D eigenvalue weighted by atomic mass is 10.2. The largest absolute Gasteiger partial charge is 0.419 e. The van der Waals surface area contributed by atoms with Gasteiger partial charge in [-0.15, -0.1) is 0 Å². The van der Waals surface area contributed by atoms with Crippen molar-refractivity contribution in [3.8, 4) is 0 Å². The van der Waals surface area contributed by atoms with Crippen molar-refractivity contribution in [2.75, 3.05) is 13.2 Å². The summed E-state index contributed by atoms with van der Waals surface area (Å²) in [5.74, 6) is -0.518. The monoisotopic (exact) mass is 326 g/mol. The number of hydrogen-bond donors (Lipinski definition) is 1. The van der Waals surface area contributed by atoms with E-state index in [1.54, 1.807) is 13.1 Å². The molecule has 2 aromatic rings. The molecule has 0 spiro atoms. The van der Waals surface area contributed by atoms with Crippen molar-refractivity contribution in [1.82, 2.24) is 9.29 Å². The summed E-state index contributed by atoms with van der Waals surface area (Å²) in [7, 11) is -2.05. The highest BCUT2D eigenvalue weighted by Crippen LogP contribution is 2.18. The molecule has 0 aliphatic carbocycles. The Morgan fingerprint density at radius 2 is 2.23 bits per heavy atom. The number of nitrogens with zero attached hydrogens (tertiary/aromatic N) is 1. The number of rotatable bonds is 5. The predicted octanol–water partition coefficient (Wildman–Crippen LogP) is 0.979. The van der Waals surface area contributed by atoms with Gasteiger partial charge in [-0.1, -0.05) is 0 Å². The molecule has 1 unspecified atom stereocenters. The van der Waals surface area contributed by atoms with Gasteiger partial charge < -0.3 is 9.15 Å². The van der Waals surface area contributed by atoms with Crippen molar-refractivity contribution in [1.29, 1.82) is 0 Å². The quantitative estimate of drug-likeness (QED) is 0.884. The van der Waals surface area contributed by atoms with Crippen molar-refractivity contribution in [3.63, 3.8) is 0 Å². The van der Waals surface area contributed by atoms with E-state index in [-0.39, 0.29) is 16.6 Å². The maximum atomic E-state index is 12.3. The van der Waals surface area contributed by atoms with Crippen LogP contribution in [0, 0.1) is 0 Å². The lowest BCUT2D eigenvalue weighted by Gasteiger charge is -2.10. The smallest absolute Gasteiger partial charge is 0.408 e. The Kier molecular flexibility index (Phi) is 4.07. The number of oxazole rings is 1. The highest BCUT2D eigenvalue weighted by Gasteiger charge is 2.19. The van der Waals surface area contributed by atoms with E-state index in [1.165, 1.54) is 16.7 Å². The standard InChI is InChI=1S/C14H18N2O5S/c1-16-12-5-4-11(9-13(12)21-14(16)17)22(18,19)15-7-6-10-3-2-8-20-10/h4-5,9-10,15H,2-3,6-8H2,1H3. The zero-order chi connectivity index (χ0) is 15.7. The minimum absolute atomic E-state index is 0.0849. The van der Waals surface area contributed by atoms with E-state index in [2.05, 4.69) is 4.72 Å². The number of fused-ring (bicyclic) bond motifs is 1. The van der Waals surface area contributed by atoms with Crippen LogP contribution in [0.1, 0.15) is 19.3 Å². The second kappa shape index (κ2) is 5.86. The summed E-state index contributed by atoms with van der Waals surface area (Å²) in [4.78, 5) is 11.5. The van der Waals surface area contributed by atoms with Crippen LogP contribution >= 0.6 is 0 Å². The van der Waals surface area contributed by atoms with Crippen LogP contribution in [0.15, 0.2) is 32.3 Å². The Labute approximate surface area is 127 Å². The molecule has 1 aromatic carbocycles. The van der Waals surface area contributed by atoms with Crippen LogP contribution < -0.4 is 10.5 Å². The van der Waals surface area contributed by atoms with Crippen molar-refractivity contribution in [2.24, 2.45) is 7.05 Å². The van der Waals surface area contributed by atoms with E-state index >= 15 is 0 Å². The highest BCUT2D eigenvalue weighted by molar-refractivity contribution is 7.89. The molecule has 1 aliphatic rings. The average molecular weight is 326 g/mol. The first kappa shape index (κ1) is 15.3. The Bertz CT molecular complexity index is 831. The summed E-state index contributed by atoms with van der Waals surface area (Å²) >= 11 is 0. The first-order valence-corrected chi connectivity index (χ1v) is 8.66. The summed E-state index contributed by atoms with van der Waals surface area (Å²) in [6.45, 7) is 1.07. The van der Waals surface area contributed by atoms with Crippen molar-refractivity contribution in [3.05, 3.63) is 28.7 Å². The molecule has 0 bridgehead atoms. The molecule has 120 valence electrons. The van der Waals surface area contributed by atoms with E-state index in [1.807, 2.05) is 0 Å². The van der Waals surface area contributed by atoms with Crippen LogP contribution in [0.5, 0.6) is 0 Å². The van der Waals surface area contributed by atoms with E-state index in [9.17, 15) is 13.2 Å². The number of hydrogen-bond acceptors (Lipinski definition) is 5. The number of sulfonamides is 1. The van der Waals surface area contributed by atoms with Gasteiger partial charge in [0.15, 0.2) is 5.58 Å². The molecule has 1 saturated heterocycles. The molecule has 0 saturated carbocycles. The molecule has 1 atom stereocenters. The number of benzene rings is 1. The van der Waals surface area contributed by atoms with Gasteiger partial charge in [-0.3, -0.25) is 4.57 Å². The van der Waals surface area contributed by atoms with Crippen molar-refractivity contribution in [2.45, 2.75) is 30.3 Å². The van der Waals surface area contributed by atoms with Gasteiger partial charge in [0.05, 0.1) is 16.5 Å². The number of aryl methyl sites for hydroxylation is 1. The first-order valence-electron chi connectivity index (χ1n) is 7.18. The fourth-order valence-corrected chi connectivity index (χ4v) is 3.65. The minimum atomic E-state index is -3.62. The molecule has 1 aromatic heterocycles. The van der Waals surface area contributed by atoms with E-state index < -0.39 is 15.8 Å². The normalized spacial score (nSPS) is 19.0. The van der Waals surface area contributed by atoms with E-state index in [4.69, 9.17) is 9.15 Å². The molecular weight excluding hydrogens is 308 g/mol. The Morgan fingerprint density at radius 1 is 1.41 bits per heavy atom. The molecule has 22 heavy (non-hydrogen) atoms. The van der Waals surface area contributed by atoms with Gasteiger partial charge in [0, 0.05) is 26.3 Å². The minimum Gasteiger partial charge on any atom is -0.408 e. The average Bonchev–Trinajstić information content (AvgIpc) is 3.08. The van der Waals surface area contributed by atoms with Gasteiger partial charge in [0.2, 0.25) is 10.0 Å². The van der Waals surface area contributed by atoms with Crippen molar-refractivity contribution >= 4 is 21.1 Å². The third-order valence-corrected chi connectivity index (χ3v) is 5.32. The summed E-state index contributed by atoms with van der Waals surface area (Å²) in [5, 5.41) is 0. The summed E-state index contributed by atoms with van der Waals surface area (Å²) in [6.07, 6.45) is 2.80. The van der Waals surface area contributed by atoms with Crippen LogP contribution in [-0.2, 0) is 21.8 Å². The number of aromatic nitrogens is 1. The van der Waals surface area contributed by atoms with E-state index in [0.717, 1.165) is 19.4 Å². The Morgan fingerprint density at radius 3 is 2.95 bits per heavy atom. The van der Waals surface area contributed by atoms with E-state index in [0.29, 0.717) is 18.5 Å². The molecular formula is C14H18N2O5S. The molecule has 1 aliphatic heterocycles. The zero-order valence-corrected chi connectivity index (χ0v) is 13.1. The maximum absolute atomic E-state index is 12.3. The van der Waals surface area contributed by atoms with Crippen LogP contribution in [0.4, 0.5) is 0 Å². The summed E-state index contributed by atoms with van der Waals surface area (Å²) < 4.78 is 38.9. The Balaban J connectivity index is 1.75. The second-order valence-corrected chi connectivity index (χ2v) is 7.14. The van der Waals surface area contributed by atoms with Crippen LogP contribution in [0.3, 0.4) is 0 Å².